The van der Waals surface area contributed by atoms with E-state index in [1.807, 2.05) is 42.8 Å². The minimum Gasteiger partial charge on any atom is -0.342 e. The molecule has 102 valence electrons. The van der Waals surface area contributed by atoms with Gasteiger partial charge in [-0.15, -0.1) is 0 Å². The van der Waals surface area contributed by atoms with Crippen LogP contribution in [-0.2, 0) is 11.3 Å². The maximum atomic E-state index is 11.9. The summed E-state index contributed by atoms with van der Waals surface area (Å²) in [6.07, 6.45) is 1.62. The molecule has 0 aliphatic rings. The molecule has 0 N–H and O–H groups in total. The minimum atomic E-state index is 0.127. The number of aromatic nitrogens is 1. The topological polar surface area (TPSA) is 60.2 Å². The van der Waals surface area contributed by atoms with Crippen LogP contribution in [0.1, 0.15) is 25.1 Å². The quantitative estimate of drug-likeness (QED) is 0.772. The zero-order chi connectivity index (χ0) is 14.3. The van der Waals surface area contributed by atoms with Gasteiger partial charge in [0.2, 0.25) is 5.91 Å². The summed E-state index contributed by atoms with van der Waals surface area (Å²) in [6, 6.07) is 5.62. The van der Waals surface area contributed by atoms with Crippen LogP contribution in [0.25, 0.3) is 0 Å². The van der Waals surface area contributed by atoms with Crippen LogP contribution in [-0.4, -0.2) is 47.4 Å². The molecular weight excluding hydrogens is 240 g/mol. The van der Waals surface area contributed by atoms with Gasteiger partial charge in [0.1, 0.15) is 11.8 Å². The van der Waals surface area contributed by atoms with Gasteiger partial charge >= 0.3 is 0 Å². The fourth-order valence-electron chi connectivity index (χ4n) is 1.91. The zero-order valence-corrected chi connectivity index (χ0v) is 11.8. The van der Waals surface area contributed by atoms with Gasteiger partial charge in [0.25, 0.3) is 0 Å². The van der Waals surface area contributed by atoms with E-state index in [0.29, 0.717) is 18.8 Å². The number of likely N-dealkylation sites (N-methyl/N-ethyl adjacent to an activating group) is 2. The molecule has 0 aromatic carbocycles. The molecule has 0 saturated carbocycles. The van der Waals surface area contributed by atoms with E-state index < -0.39 is 0 Å². The van der Waals surface area contributed by atoms with E-state index in [1.54, 1.807) is 12.3 Å². The Morgan fingerprint density at radius 3 is 2.68 bits per heavy atom. The second-order valence-electron chi connectivity index (χ2n) is 4.40. The lowest BCUT2D eigenvalue weighted by molar-refractivity contribution is -0.131. The van der Waals surface area contributed by atoms with Crippen LogP contribution in [0.5, 0.6) is 0 Å². The van der Waals surface area contributed by atoms with E-state index >= 15 is 0 Å². The van der Waals surface area contributed by atoms with E-state index in [0.717, 1.165) is 18.7 Å². The predicted octanol–water partition coefficient (Wildman–Crippen LogP) is 1.25. The maximum Gasteiger partial charge on any atom is 0.236 e. The first-order valence-electron chi connectivity index (χ1n) is 6.42. The fourth-order valence-corrected chi connectivity index (χ4v) is 1.91. The highest BCUT2D eigenvalue weighted by atomic mass is 16.2. The average Bonchev–Trinajstić information content (AvgIpc) is 2.40. The Kier molecular flexibility index (Phi) is 5.97. The molecule has 0 spiro atoms. The van der Waals surface area contributed by atoms with Crippen LogP contribution in [0, 0.1) is 11.3 Å². The summed E-state index contributed by atoms with van der Waals surface area (Å²) in [5.41, 5.74) is 1.39. The Morgan fingerprint density at radius 1 is 1.42 bits per heavy atom. The van der Waals surface area contributed by atoms with Crippen molar-refractivity contribution in [2.24, 2.45) is 0 Å². The van der Waals surface area contributed by atoms with E-state index in [2.05, 4.69) is 4.98 Å². The lowest BCUT2D eigenvalue weighted by Gasteiger charge is -2.23. The summed E-state index contributed by atoms with van der Waals surface area (Å²) in [5, 5.41) is 8.79. The summed E-state index contributed by atoms with van der Waals surface area (Å²) in [4.78, 5) is 19.6. The van der Waals surface area contributed by atoms with Crippen LogP contribution in [0.3, 0.4) is 0 Å². The first-order chi connectivity index (χ1) is 9.10. The Labute approximate surface area is 114 Å². The average molecular weight is 260 g/mol. The zero-order valence-electron chi connectivity index (χ0n) is 11.8. The first kappa shape index (κ1) is 15.1. The molecule has 19 heavy (non-hydrogen) atoms. The Morgan fingerprint density at radius 2 is 2.11 bits per heavy atom. The van der Waals surface area contributed by atoms with Crippen LogP contribution < -0.4 is 0 Å². The largest absolute Gasteiger partial charge is 0.342 e. The van der Waals surface area contributed by atoms with Crippen LogP contribution in [0.15, 0.2) is 18.3 Å². The SMILES string of the molecule is CCN(CC)C(=O)CN(C)Cc1ccnc(C#N)c1. The van der Waals surface area contributed by atoms with Gasteiger partial charge in [-0.25, -0.2) is 4.98 Å². The van der Waals surface area contributed by atoms with Crippen molar-refractivity contribution < 1.29 is 4.79 Å². The minimum absolute atomic E-state index is 0.127. The van der Waals surface area contributed by atoms with Gasteiger partial charge in [0.05, 0.1) is 6.54 Å². The van der Waals surface area contributed by atoms with Gasteiger partial charge in [-0.1, -0.05) is 0 Å². The Bertz CT molecular complexity index is 463. The molecule has 0 radical (unpaired) electrons. The molecule has 0 aliphatic carbocycles. The van der Waals surface area contributed by atoms with Crippen molar-refractivity contribution in [3.05, 3.63) is 29.6 Å². The maximum absolute atomic E-state index is 11.9. The van der Waals surface area contributed by atoms with E-state index in [4.69, 9.17) is 5.26 Å². The molecule has 0 bridgehead atoms. The van der Waals surface area contributed by atoms with E-state index in [9.17, 15) is 4.79 Å². The smallest absolute Gasteiger partial charge is 0.236 e. The predicted molar refractivity (Wildman–Crippen MR) is 73.2 cm³/mol. The first-order valence-corrected chi connectivity index (χ1v) is 6.42. The van der Waals surface area contributed by atoms with Crippen molar-refractivity contribution in [2.45, 2.75) is 20.4 Å². The molecule has 0 saturated heterocycles. The number of hydrogen-bond donors (Lipinski definition) is 0. The highest BCUT2D eigenvalue weighted by molar-refractivity contribution is 5.78. The second-order valence-corrected chi connectivity index (χ2v) is 4.40. The highest BCUT2D eigenvalue weighted by Crippen LogP contribution is 2.04. The number of nitriles is 1. The number of carbonyl (C=O) groups excluding carboxylic acids is 1. The van der Waals surface area contributed by atoms with E-state index in [1.165, 1.54) is 0 Å². The molecule has 0 fully saturated rings. The van der Waals surface area contributed by atoms with Gasteiger partial charge in [-0.05, 0) is 38.6 Å². The van der Waals surface area contributed by atoms with Gasteiger partial charge in [0, 0.05) is 25.8 Å². The molecule has 1 heterocycles. The molecule has 5 nitrogen and oxygen atoms in total. The lowest BCUT2D eigenvalue weighted by atomic mass is 10.2. The second kappa shape index (κ2) is 7.49. The highest BCUT2D eigenvalue weighted by Gasteiger charge is 2.12. The molecule has 0 atom stereocenters. The summed E-state index contributed by atoms with van der Waals surface area (Å²) >= 11 is 0. The monoisotopic (exact) mass is 260 g/mol. The number of nitrogens with zero attached hydrogens (tertiary/aromatic N) is 4. The lowest BCUT2D eigenvalue weighted by Crippen LogP contribution is -2.38. The number of hydrogen-bond acceptors (Lipinski definition) is 4. The number of pyridine rings is 1. The Hall–Kier alpha value is -1.93. The van der Waals surface area contributed by atoms with Crippen molar-refractivity contribution in [1.82, 2.24) is 14.8 Å². The van der Waals surface area contributed by atoms with E-state index in [-0.39, 0.29) is 5.91 Å². The third-order valence-corrected chi connectivity index (χ3v) is 2.91. The summed E-state index contributed by atoms with van der Waals surface area (Å²) in [5.74, 6) is 0.127. The van der Waals surface area contributed by atoms with Gasteiger partial charge in [-0.3, -0.25) is 9.69 Å². The van der Waals surface area contributed by atoms with Crippen LogP contribution in [0.4, 0.5) is 0 Å². The number of carbonyl (C=O) groups is 1. The Balaban J connectivity index is 2.57. The van der Waals surface area contributed by atoms with Crippen molar-refractivity contribution in [3.63, 3.8) is 0 Å². The molecule has 0 unspecified atom stereocenters. The third-order valence-electron chi connectivity index (χ3n) is 2.91. The molecule has 0 aliphatic heterocycles. The third kappa shape index (κ3) is 4.68. The van der Waals surface area contributed by atoms with Crippen LogP contribution in [0.2, 0.25) is 0 Å². The van der Waals surface area contributed by atoms with Gasteiger partial charge in [-0.2, -0.15) is 5.26 Å². The standard InChI is InChI=1S/C14H20N4O/c1-4-18(5-2)14(19)11-17(3)10-12-6-7-16-13(8-12)9-15/h6-8H,4-5,10-11H2,1-3H3. The summed E-state index contributed by atoms with van der Waals surface area (Å²) in [7, 11) is 1.90. The number of amides is 1. The van der Waals surface area contributed by atoms with Gasteiger partial charge < -0.3 is 4.90 Å². The van der Waals surface area contributed by atoms with Gasteiger partial charge in [0.15, 0.2) is 0 Å². The molecule has 1 amide bonds. The molecule has 1 aromatic heterocycles. The van der Waals surface area contributed by atoms with Crippen molar-refractivity contribution >= 4 is 5.91 Å². The van der Waals surface area contributed by atoms with Crippen LogP contribution >= 0.6 is 0 Å². The summed E-state index contributed by atoms with van der Waals surface area (Å²) < 4.78 is 0. The molecule has 1 aromatic rings. The molecule has 5 heteroatoms. The van der Waals surface area contributed by atoms with Crippen molar-refractivity contribution in [3.8, 4) is 6.07 Å². The van der Waals surface area contributed by atoms with Crippen molar-refractivity contribution in [2.75, 3.05) is 26.7 Å². The fraction of sp³-hybridized carbons (Fsp3) is 0.500. The molecular formula is C14H20N4O. The molecule has 1 rings (SSSR count). The van der Waals surface area contributed by atoms with Crippen molar-refractivity contribution in [1.29, 1.82) is 5.26 Å². The summed E-state index contributed by atoms with van der Waals surface area (Å²) in [6.45, 7) is 6.43. The number of rotatable bonds is 6. The normalized spacial score (nSPS) is 10.3.